The lowest BCUT2D eigenvalue weighted by Crippen LogP contribution is -2.53. The van der Waals surface area contributed by atoms with Crippen LogP contribution in [0.3, 0.4) is 0 Å². The Labute approximate surface area is 151 Å². The van der Waals surface area contributed by atoms with Crippen LogP contribution < -0.4 is 0 Å². The third-order valence-electron chi connectivity index (χ3n) is 5.62. The zero-order valence-electron chi connectivity index (χ0n) is 14.8. The van der Waals surface area contributed by atoms with Gasteiger partial charge in [0, 0.05) is 31.1 Å². The van der Waals surface area contributed by atoms with Gasteiger partial charge in [-0.1, -0.05) is 6.92 Å². The molecule has 0 aromatic carbocycles. The zero-order chi connectivity index (χ0) is 17.6. The molecule has 0 bridgehead atoms. The third kappa shape index (κ3) is 2.98. The molecule has 7 heteroatoms. The number of fused-ring (bicyclic) bond motifs is 1. The average molecular weight is 363 g/mol. The van der Waals surface area contributed by atoms with Gasteiger partial charge in [0.15, 0.2) is 4.96 Å². The molecular weight excluding hydrogens is 338 g/mol. The Kier molecular flexibility index (Phi) is 4.33. The number of aromatic nitrogens is 2. The summed E-state index contributed by atoms with van der Waals surface area (Å²) in [4.78, 5) is 20.3. The van der Waals surface area contributed by atoms with Crippen molar-refractivity contribution in [2.45, 2.75) is 63.8 Å². The Morgan fingerprint density at radius 2 is 2.24 bits per heavy atom. The van der Waals surface area contributed by atoms with E-state index >= 15 is 0 Å². The summed E-state index contributed by atoms with van der Waals surface area (Å²) in [5.41, 5.74) is 1.19. The van der Waals surface area contributed by atoms with Crippen LogP contribution in [0.2, 0.25) is 0 Å². The second-order valence-corrected chi connectivity index (χ2v) is 8.19. The van der Waals surface area contributed by atoms with Crippen LogP contribution >= 0.6 is 11.3 Å². The lowest BCUT2D eigenvalue weighted by molar-refractivity contribution is -0.179. The van der Waals surface area contributed by atoms with E-state index in [9.17, 15) is 9.90 Å². The summed E-state index contributed by atoms with van der Waals surface area (Å²) in [6, 6.07) is 0. The molecule has 1 amide bonds. The number of carbonyl (C=O) groups excluding carboxylic acids is 1. The van der Waals surface area contributed by atoms with Gasteiger partial charge in [0.25, 0.3) is 5.91 Å². The van der Waals surface area contributed by atoms with E-state index in [1.54, 1.807) is 11.3 Å². The van der Waals surface area contributed by atoms with Gasteiger partial charge in [-0.15, -0.1) is 11.3 Å². The number of thiazole rings is 1. The number of piperidine rings is 1. The first kappa shape index (κ1) is 17.0. The summed E-state index contributed by atoms with van der Waals surface area (Å²) >= 11 is 1.54. The van der Waals surface area contributed by atoms with E-state index in [4.69, 9.17) is 4.74 Å². The van der Waals surface area contributed by atoms with Gasteiger partial charge in [0.2, 0.25) is 0 Å². The quantitative estimate of drug-likeness (QED) is 0.891. The Morgan fingerprint density at radius 3 is 2.96 bits per heavy atom. The van der Waals surface area contributed by atoms with Crippen molar-refractivity contribution in [3.63, 3.8) is 0 Å². The summed E-state index contributed by atoms with van der Waals surface area (Å²) in [5.74, 6) is 0.0432. The maximum atomic E-state index is 13.0. The molecule has 0 aliphatic carbocycles. The summed E-state index contributed by atoms with van der Waals surface area (Å²) in [6.45, 7) is 5.33. The topological polar surface area (TPSA) is 67.1 Å². The van der Waals surface area contributed by atoms with E-state index in [0.717, 1.165) is 36.3 Å². The van der Waals surface area contributed by atoms with Crippen molar-refractivity contribution in [1.82, 2.24) is 14.3 Å². The molecule has 4 rings (SSSR count). The van der Waals surface area contributed by atoms with Crippen molar-refractivity contribution in [1.29, 1.82) is 0 Å². The fraction of sp³-hybridized carbons (Fsp3) is 0.667. The number of likely N-dealkylation sites (tertiary alicyclic amines) is 1. The number of hydrogen-bond donors (Lipinski definition) is 1. The minimum Gasteiger partial charge on any atom is -0.393 e. The lowest BCUT2D eigenvalue weighted by Gasteiger charge is -2.47. The smallest absolute Gasteiger partial charge is 0.272 e. The van der Waals surface area contributed by atoms with E-state index in [1.807, 2.05) is 27.8 Å². The van der Waals surface area contributed by atoms with Crippen LogP contribution in [0.4, 0.5) is 0 Å². The fourth-order valence-electron chi connectivity index (χ4n) is 4.26. The number of imidazole rings is 1. The third-order valence-corrected chi connectivity index (χ3v) is 6.37. The van der Waals surface area contributed by atoms with Crippen LogP contribution in [-0.2, 0) is 4.74 Å². The monoisotopic (exact) mass is 363 g/mol. The first-order chi connectivity index (χ1) is 12.0. The molecule has 0 radical (unpaired) electrons. The Balaban J connectivity index is 1.49. The van der Waals surface area contributed by atoms with Crippen LogP contribution in [0.1, 0.15) is 55.2 Å². The summed E-state index contributed by atoms with van der Waals surface area (Å²) in [5, 5.41) is 12.2. The summed E-state index contributed by atoms with van der Waals surface area (Å²) in [6.07, 6.45) is 5.67. The van der Waals surface area contributed by atoms with E-state index in [1.165, 1.54) is 0 Å². The molecule has 2 fully saturated rings. The highest BCUT2D eigenvalue weighted by molar-refractivity contribution is 7.15. The second kappa shape index (κ2) is 6.37. The number of aryl methyl sites for hydroxylation is 1. The molecule has 25 heavy (non-hydrogen) atoms. The maximum absolute atomic E-state index is 13.0. The highest BCUT2D eigenvalue weighted by atomic mass is 32.1. The largest absolute Gasteiger partial charge is 0.393 e. The van der Waals surface area contributed by atoms with E-state index in [-0.39, 0.29) is 23.7 Å². The Hall–Kier alpha value is -1.44. The number of carbonyl (C=O) groups is 1. The Morgan fingerprint density at radius 1 is 1.48 bits per heavy atom. The van der Waals surface area contributed by atoms with E-state index in [2.05, 4.69) is 11.9 Å². The number of amides is 1. The molecule has 2 aliphatic rings. The van der Waals surface area contributed by atoms with Crippen LogP contribution in [0, 0.1) is 6.92 Å². The molecule has 1 N–H and O–H groups in total. The molecule has 136 valence electrons. The molecule has 0 saturated carbocycles. The van der Waals surface area contributed by atoms with Crippen LogP contribution in [-0.4, -0.2) is 56.2 Å². The van der Waals surface area contributed by atoms with Crippen LogP contribution in [0.15, 0.2) is 11.6 Å². The molecule has 1 spiro atoms. The van der Waals surface area contributed by atoms with Crippen molar-refractivity contribution >= 4 is 22.2 Å². The van der Waals surface area contributed by atoms with E-state index < -0.39 is 0 Å². The predicted molar refractivity (Wildman–Crippen MR) is 96.1 cm³/mol. The van der Waals surface area contributed by atoms with Crippen molar-refractivity contribution in [2.24, 2.45) is 0 Å². The van der Waals surface area contributed by atoms with Crippen molar-refractivity contribution in [3.05, 3.63) is 23.0 Å². The van der Waals surface area contributed by atoms with Crippen molar-refractivity contribution in [2.75, 3.05) is 13.1 Å². The van der Waals surface area contributed by atoms with Gasteiger partial charge in [-0.3, -0.25) is 9.20 Å². The number of rotatable bonds is 2. The number of aliphatic hydroxyl groups excluding tert-OH is 1. The fourth-order valence-corrected chi connectivity index (χ4v) is 5.02. The normalized spacial score (nSPS) is 26.4. The number of hydrogen-bond acceptors (Lipinski definition) is 5. The molecule has 0 unspecified atom stereocenters. The summed E-state index contributed by atoms with van der Waals surface area (Å²) in [7, 11) is 0. The van der Waals surface area contributed by atoms with Gasteiger partial charge in [-0.05, 0) is 32.6 Å². The standard InChI is InChI=1S/C18H25N3O3S/c1-3-14-10-13(22)11-18(24-14)4-6-20(7-5-18)16(23)15-12(2)19-17-21(15)8-9-25-17/h8-9,13-14,22H,3-7,10-11H2,1-2H3/t13-,14+/m1/s1. The highest BCUT2D eigenvalue weighted by Gasteiger charge is 2.43. The van der Waals surface area contributed by atoms with Gasteiger partial charge >= 0.3 is 0 Å². The van der Waals surface area contributed by atoms with Crippen molar-refractivity contribution < 1.29 is 14.6 Å². The number of aliphatic hydroxyl groups is 1. The number of nitrogens with zero attached hydrogens (tertiary/aromatic N) is 3. The highest BCUT2D eigenvalue weighted by Crippen LogP contribution is 2.38. The SMILES string of the molecule is CC[C@H]1C[C@@H](O)CC2(CCN(C(=O)c3c(C)nc4sccn34)CC2)O1. The zero-order valence-corrected chi connectivity index (χ0v) is 15.6. The number of ether oxygens (including phenoxy) is 1. The molecule has 2 aromatic rings. The first-order valence-corrected chi connectivity index (χ1v) is 9.96. The van der Waals surface area contributed by atoms with Crippen molar-refractivity contribution in [3.8, 4) is 0 Å². The molecule has 4 heterocycles. The van der Waals surface area contributed by atoms with Gasteiger partial charge in [-0.25, -0.2) is 4.98 Å². The molecule has 6 nitrogen and oxygen atoms in total. The average Bonchev–Trinajstić information content (AvgIpc) is 3.14. The minimum atomic E-state index is -0.288. The van der Waals surface area contributed by atoms with Gasteiger partial charge < -0.3 is 14.7 Å². The first-order valence-electron chi connectivity index (χ1n) is 9.08. The van der Waals surface area contributed by atoms with Gasteiger partial charge in [0.05, 0.1) is 23.5 Å². The van der Waals surface area contributed by atoms with Gasteiger partial charge in [0.1, 0.15) is 5.69 Å². The minimum absolute atomic E-state index is 0.0432. The maximum Gasteiger partial charge on any atom is 0.272 e. The molecule has 2 saturated heterocycles. The predicted octanol–water partition coefficient (Wildman–Crippen LogP) is 2.63. The van der Waals surface area contributed by atoms with E-state index in [0.29, 0.717) is 25.2 Å². The molecule has 2 atom stereocenters. The second-order valence-electron chi connectivity index (χ2n) is 7.32. The van der Waals surface area contributed by atoms with Crippen LogP contribution in [0.5, 0.6) is 0 Å². The van der Waals surface area contributed by atoms with Gasteiger partial charge in [-0.2, -0.15) is 0 Å². The summed E-state index contributed by atoms with van der Waals surface area (Å²) < 4.78 is 8.21. The lowest BCUT2D eigenvalue weighted by atomic mass is 9.81. The molecule has 2 aromatic heterocycles. The molecular formula is C18H25N3O3S. The molecule has 2 aliphatic heterocycles. The van der Waals surface area contributed by atoms with Crippen LogP contribution in [0.25, 0.3) is 4.96 Å². The Bertz CT molecular complexity index is 776.